The monoisotopic (exact) mass is 183 g/mol. The molecule has 0 unspecified atom stereocenters. The van der Waals surface area contributed by atoms with Crippen LogP contribution in [-0.4, -0.2) is 18.9 Å². The normalized spacial score (nSPS) is 9.69. The van der Waals surface area contributed by atoms with Gasteiger partial charge in [-0.1, -0.05) is 0 Å². The Balaban J connectivity index is 3.09. The lowest BCUT2D eigenvalue weighted by molar-refractivity contribution is 0.0566. The predicted octanol–water partition coefficient (Wildman–Crippen LogP) is 0.851. The molecule has 0 spiro atoms. The third-order valence-electron chi connectivity index (χ3n) is 1.53. The van der Waals surface area contributed by atoms with Crippen LogP contribution in [0.1, 0.15) is 27.8 Å². The highest BCUT2D eigenvalue weighted by Gasteiger charge is 2.17. The van der Waals surface area contributed by atoms with Crippen molar-refractivity contribution in [3.05, 3.63) is 17.4 Å². The molecule has 1 aromatic heterocycles. The number of methoxy groups -OCH3 is 1. The topological polar surface area (TPSA) is 82.5 Å². The summed E-state index contributed by atoms with van der Waals surface area (Å²) in [5.41, 5.74) is 5.53. The fourth-order valence-electron chi connectivity index (χ4n) is 0.881. The number of hydrogen-bond acceptors (Lipinski definition) is 5. The molecule has 0 saturated heterocycles. The van der Waals surface area contributed by atoms with Crippen LogP contribution in [0.2, 0.25) is 0 Å². The Morgan fingerprint density at radius 3 is 2.54 bits per heavy atom. The minimum atomic E-state index is -0.654. The quantitative estimate of drug-likeness (QED) is 0.542. The van der Waals surface area contributed by atoms with Gasteiger partial charge in [-0.25, -0.2) is 4.79 Å². The molecule has 5 heteroatoms. The van der Waals surface area contributed by atoms with Gasteiger partial charge in [0.15, 0.2) is 5.78 Å². The van der Waals surface area contributed by atoms with E-state index >= 15 is 0 Å². The third-order valence-corrected chi connectivity index (χ3v) is 1.53. The lowest BCUT2D eigenvalue weighted by atomic mass is 10.2. The maximum atomic E-state index is 10.9. The highest BCUT2D eigenvalue weighted by atomic mass is 16.5. The summed E-state index contributed by atoms with van der Waals surface area (Å²) in [5.74, 6) is -1.03. The molecule has 1 heterocycles. The highest BCUT2D eigenvalue weighted by molar-refractivity contribution is 6.00. The molecule has 2 N–H and O–H groups in total. The van der Waals surface area contributed by atoms with E-state index in [-0.39, 0.29) is 23.0 Å². The molecule has 0 aliphatic heterocycles. The van der Waals surface area contributed by atoms with E-state index in [0.717, 1.165) is 0 Å². The molecule has 0 amide bonds. The van der Waals surface area contributed by atoms with Gasteiger partial charge in [0, 0.05) is 6.07 Å². The van der Waals surface area contributed by atoms with E-state index in [1.165, 1.54) is 20.1 Å². The van der Waals surface area contributed by atoms with Gasteiger partial charge in [0.2, 0.25) is 11.6 Å². The van der Waals surface area contributed by atoms with Gasteiger partial charge >= 0.3 is 5.97 Å². The molecule has 0 radical (unpaired) electrons. The number of nitrogen functional groups attached to an aromatic ring is 1. The van der Waals surface area contributed by atoms with Gasteiger partial charge in [0.25, 0.3) is 0 Å². The predicted molar refractivity (Wildman–Crippen MR) is 44.5 cm³/mol. The van der Waals surface area contributed by atoms with Crippen LogP contribution in [0.3, 0.4) is 0 Å². The van der Waals surface area contributed by atoms with Crippen molar-refractivity contribution in [2.75, 3.05) is 12.8 Å². The Kier molecular flexibility index (Phi) is 2.36. The van der Waals surface area contributed by atoms with E-state index in [0.29, 0.717) is 0 Å². The van der Waals surface area contributed by atoms with Gasteiger partial charge in [-0.2, -0.15) is 0 Å². The second-order valence-corrected chi connectivity index (χ2v) is 2.44. The van der Waals surface area contributed by atoms with Crippen molar-refractivity contribution in [3.8, 4) is 0 Å². The standard InChI is InChI=1S/C8H9NO4/c1-4(10)5-3-6(8(11)12-2)13-7(5)9/h3H,9H2,1-2H3. The Bertz CT molecular complexity index is 353. The zero-order valence-electron chi connectivity index (χ0n) is 7.29. The summed E-state index contributed by atoms with van der Waals surface area (Å²) in [6.07, 6.45) is 0. The Morgan fingerprint density at radius 2 is 2.15 bits per heavy atom. The number of hydrogen-bond donors (Lipinski definition) is 1. The SMILES string of the molecule is COC(=O)c1cc(C(C)=O)c(N)o1. The van der Waals surface area contributed by atoms with Gasteiger partial charge < -0.3 is 14.9 Å². The minimum absolute atomic E-state index is 0.0621. The van der Waals surface area contributed by atoms with Crippen LogP contribution < -0.4 is 5.73 Å². The average Bonchev–Trinajstić information content (AvgIpc) is 2.46. The molecule has 0 saturated carbocycles. The highest BCUT2D eigenvalue weighted by Crippen LogP contribution is 2.18. The number of Topliss-reactive ketones (excluding diaryl/α,β-unsaturated/α-hetero) is 1. The van der Waals surface area contributed by atoms with Crippen LogP contribution in [-0.2, 0) is 4.74 Å². The van der Waals surface area contributed by atoms with Gasteiger partial charge in [0.05, 0.1) is 12.7 Å². The first kappa shape index (κ1) is 9.31. The molecular weight excluding hydrogens is 174 g/mol. The largest absolute Gasteiger partial charge is 0.463 e. The third kappa shape index (κ3) is 1.69. The number of carbonyl (C=O) groups is 2. The molecule has 0 bridgehead atoms. The van der Waals surface area contributed by atoms with E-state index < -0.39 is 5.97 Å². The van der Waals surface area contributed by atoms with Crippen molar-refractivity contribution in [1.29, 1.82) is 0 Å². The molecule has 70 valence electrons. The molecule has 0 fully saturated rings. The summed E-state index contributed by atoms with van der Waals surface area (Å²) >= 11 is 0. The van der Waals surface area contributed by atoms with E-state index in [4.69, 9.17) is 10.2 Å². The molecule has 13 heavy (non-hydrogen) atoms. The Morgan fingerprint density at radius 1 is 1.54 bits per heavy atom. The Hall–Kier alpha value is -1.78. The number of ketones is 1. The van der Waals surface area contributed by atoms with Crippen LogP contribution >= 0.6 is 0 Å². The summed E-state index contributed by atoms with van der Waals surface area (Å²) in [4.78, 5) is 21.8. The number of carbonyl (C=O) groups excluding carboxylic acids is 2. The number of anilines is 1. The lowest BCUT2D eigenvalue weighted by Gasteiger charge is -1.90. The van der Waals surface area contributed by atoms with Gasteiger partial charge in [-0.05, 0) is 6.92 Å². The summed E-state index contributed by atoms with van der Waals surface area (Å²) in [5, 5.41) is 0. The summed E-state index contributed by atoms with van der Waals surface area (Å²) < 4.78 is 9.20. The van der Waals surface area contributed by atoms with E-state index in [2.05, 4.69) is 4.74 Å². The second kappa shape index (κ2) is 3.30. The van der Waals surface area contributed by atoms with Crippen LogP contribution in [0.5, 0.6) is 0 Å². The van der Waals surface area contributed by atoms with Gasteiger partial charge in [-0.15, -0.1) is 0 Å². The summed E-state index contributed by atoms with van der Waals surface area (Å²) in [6, 6.07) is 1.27. The van der Waals surface area contributed by atoms with Crippen molar-refractivity contribution >= 4 is 17.6 Å². The molecule has 1 rings (SSSR count). The van der Waals surface area contributed by atoms with Crippen LogP contribution in [0.4, 0.5) is 5.88 Å². The van der Waals surface area contributed by atoms with E-state index in [1.54, 1.807) is 0 Å². The number of furan rings is 1. The molecule has 5 nitrogen and oxygen atoms in total. The van der Waals surface area contributed by atoms with Crippen molar-refractivity contribution in [2.45, 2.75) is 6.92 Å². The molecular formula is C8H9NO4. The zero-order chi connectivity index (χ0) is 10.0. The van der Waals surface area contributed by atoms with Crippen LogP contribution in [0.25, 0.3) is 0 Å². The van der Waals surface area contributed by atoms with Crippen molar-refractivity contribution in [1.82, 2.24) is 0 Å². The fourth-order valence-corrected chi connectivity index (χ4v) is 0.881. The van der Waals surface area contributed by atoms with Crippen molar-refractivity contribution in [3.63, 3.8) is 0 Å². The van der Waals surface area contributed by atoms with Crippen LogP contribution in [0.15, 0.2) is 10.5 Å². The number of rotatable bonds is 2. The van der Waals surface area contributed by atoms with Crippen molar-refractivity contribution in [2.24, 2.45) is 0 Å². The van der Waals surface area contributed by atoms with Crippen molar-refractivity contribution < 1.29 is 18.7 Å². The average molecular weight is 183 g/mol. The first-order valence-electron chi connectivity index (χ1n) is 3.54. The molecule has 1 aromatic rings. The molecule has 0 aliphatic rings. The summed E-state index contributed by atoms with van der Waals surface area (Å²) in [6.45, 7) is 1.34. The fraction of sp³-hybridized carbons (Fsp3) is 0.250. The maximum absolute atomic E-state index is 10.9. The number of nitrogens with two attached hydrogens (primary N) is 1. The Labute approximate surface area is 74.5 Å². The maximum Gasteiger partial charge on any atom is 0.374 e. The lowest BCUT2D eigenvalue weighted by Crippen LogP contribution is -1.98. The van der Waals surface area contributed by atoms with E-state index in [9.17, 15) is 9.59 Å². The molecule has 0 aliphatic carbocycles. The van der Waals surface area contributed by atoms with E-state index in [1.807, 2.05) is 0 Å². The van der Waals surface area contributed by atoms with Gasteiger partial charge in [-0.3, -0.25) is 4.79 Å². The van der Waals surface area contributed by atoms with Crippen LogP contribution in [0, 0.1) is 0 Å². The van der Waals surface area contributed by atoms with Gasteiger partial charge in [0.1, 0.15) is 0 Å². The zero-order valence-corrected chi connectivity index (χ0v) is 7.29. The number of esters is 1. The first-order valence-corrected chi connectivity index (χ1v) is 3.54. The molecule has 0 aromatic carbocycles. The number of ether oxygens (including phenoxy) is 1. The first-order chi connectivity index (χ1) is 6.06. The smallest absolute Gasteiger partial charge is 0.374 e. The summed E-state index contributed by atoms with van der Waals surface area (Å²) in [7, 11) is 1.22. The molecule has 0 atom stereocenters. The minimum Gasteiger partial charge on any atom is -0.463 e. The second-order valence-electron chi connectivity index (χ2n) is 2.44.